The van der Waals surface area contributed by atoms with Crippen molar-refractivity contribution in [3.63, 3.8) is 0 Å². The average Bonchev–Trinajstić information content (AvgIpc) is 3.02. The molecule has 22 heavy (non-hydrogen) atoms. The molecule has 0 aromatic carbocycles. The molecule has 2 rings (SSSR count). The van der Waals surface area contributed by atoms with Crippen molar-refractivity contribution in [3.8, 4) is 0 Å². The number of nitrogens with one attached hydrogen (secondary N) is 1. The highest BCUT2D eigenvalue weighted by Gasteiger charge is 2.31. The molecule has 1 aromatic rings. The van der Waals surface area contributed by atoms with Gasteiger partial charge in [0.05, 0.1) is 0 Å². The number of ether oxygens (including phenoxy) is 1. The van der Waals surface area contributed by atoms with Crippen LogP contribution < -0.4 is 5.32 Å². The van der Waals surface area contributed by atoms with Gasteiger partial charge in [0, 0.05) is 28.5 Å². The number of halogens is 1. The molecule has 0 radical (unpaired) electrons. The van der Waals surface area contributed by atoms with Gasteiger partial charge in [0.25, 0.3) is 0 Å². The number of thiophene rings is 1. The molecule has 4 nitrogen and oxygen atoms in total. The fourth-order valence-electron chi connectivity index (χ4n) is 2.62. The van der Waals surface area contributed by atoms with Gasteiger partial charge < -0.3 is 15.0 Å². The van der Waals surface area contributed by atoms with Crippen molar-refractivity contribution >= 4 is 33.4 Å². The van der Waals surface area contributed by atoms with Gasteiger partial charge in [-0.2, -0.15) is 0 Å². The second kappa shape index (κ2) is 7.79. The van der Waals surface area contributed by atoms with Crippen LogP contribution in [-0.4, -0.2) is 35.7 Å². The summed E-state index contributed by atoms with van der Waals surface area (Å²) in [7, 11) is 0. The minimum Gasteiger partial charge on any atom is -0.444 e. The summed E-state index contributed by atoms with van der Waals surface area (Å²) in [5, 5.41) is 5.55. The Morgan fingerprint density at radius 1 is 1.55 bits per heavy atom. The van der Waals surface area contributed by atoms with Gasteiger partial charge in [0.15, 0.2) is 0 Å². The quantitative estimate of drug-likeness (QED) is 0.760. The second-order valence-electron chi connectivity index (χ2n) is 6.63. The lowest BCUT2D eigenvalue weighted by atomic mass is 10.1. The number of nitrogens with zero attached hydrogens (tertiary/aromatic N) is 1. The summed E-state index contributed by atoms with van der Waals surface area (Å²) in [5.74, 6) is 0. The van der Waals surface area contributed by atoms with Gasteiger partial charge in [0.1, 0.15) is 5.60 Å². The molecule has 2 heterocycles. The molecule has 0 saturated carbocycles. The number of rotatable bonds is 5. The summed E-state index contributed by atoms with van der Waals surface area (Å²) in [6.07, 6.45) is 2.95. The van der Waals surface area contributed by atoms with Gasteiger partial charge in [-0.25, -0.2) is 4.79 Å². The first-order valence-corrected chi connectivity index (χ1v) is 9.46. The monoisotopic (exact) mass is 388 g/mol. The van der Waals surface area contributed by atoms with Crippen molar-refractivity contribution in [2.75, 3.05) is 13.1 Å². The molecule has 1 N–H and O–H groups in total. The number of amides is 1. The molecular weight excluding hydrogens is 364 g/mol. The predicted octanol–water partition coefficient (Wildman–Crippen LogP) is 4.39. The molecule has 1 aliphatic heterocycles. The summed E-state index contributed by atoms with van der Waals surface area (Å²) in [6, 6.07) is 2.37. The summed E-state index contributed by atoms with van der Waals surface area (Å²) in [6.45, 7) is 8.34. The Balaban J connectivity index is 1.74. The molecule has 6 heteroatoms. The summed E-state index contributed by atoms with van der Waals surface area (Å²) >= 11 is 5.29. The minimum atomic E-state index is -0.423. The van der Waals surface area contributed by atoms with Crippen LogP contribution in [0.1, 0.15) is 44.9 Å². The van der Waals surface area contributed by atoms with E-state index in [9.17, 15) is 4.79 Å². The van der Waals surface area contributed by atoms with E-state index < -0.39 is 5.60 Å². The molecule has 1 aliphatic rings. The van der Waals surface area contributed by atoms with E-state index >= 15 is 0 Å². The third-order valence-corrected chi connectivity index (χ3v) is 5.56. The molecule has 1 atom stereocenters. The lowest BCUT2D eigenvalue weighted by molar-refractivity contribution is 0.0221. The van der Waals surface area contributed by atoms with E-state index in [2.05, 4.69) is 32.7 Å². The molecule has 1 fully saturated rings. The SMILES string of the molecule is CC(C)(C)OC(=O)N1CCCC1CCNCc1sccc1Br. The largest absolute Gasteiger partial charge is 0.444 e. The van der Waals surface area contributed by atoms with E-state index in [-0.39, 0.29) is 6.09 Å². The molecule has 1 aromatic heterocycles. The molecule has 1 unspecified atom stereocenters. The van der Waals surface area contributed by atoms with E-state index in [1.807, 2.05) is 25.7 Å². The highest BCUT2D eigenvalue weighted by atomic mass is 79.9. The molecule has 1 amide bonds. The Morgan fingerprint density at radius 3 is 2.95 bits per heavy atom. The Hall–Kier alpha value is -0.590. The van der Waals surface area contributed by atoms with Crippen molar-refractivity contribution in [1.29, 1.82) is 0 Å². The van der Waals surface area contributed by atoms with Crippen molar-refractivity contribution in [2.24, 2.45) is 0 Å². The van der Waals surface area contributed by atoms with Crippen LogP contribution in [0.2, 0.25) is 0 Å². The number of carbonyl (C=O) groups excluding carboxylic acids is 1. The zero-order valence-corrected chi connectivity index (χ0v) is 15.9. The van der Waals surface area contributed by atoms with Crippen LogP contribution in [0.25, 0.3) is 0 Å². The first kappa shape index (κ1) is 17.8. The van der Waals surface area contributed by atoms with Crippen molar-refractivity contribution in [2.45, 2.75) is 58.2 Å². The maximum Gasteiger partial charge on any atom is 0.410 e. The number of hydrogen-bond donors (Lipinski definition) is 1. The fraction of sp³-hybridized carbons (Fsp3) is 0.688. The molecule has 0 spiro atoms. The van der Waals surface area contributed by atoms with Crippen LogP contribution in [0.4, 0.5) is 4.79 Å². The first-order valence-electron chi connectivity index (χ1n) is 7.79. The van der Waals surface area contributed by atoms with Crippen LogP contribution in [0, 0.1) is 0 Å². The van der Waals surface area contributed by atoms with Gasteiger partial charge >= 0.3 is 6.09 Å². The highest BCUT2D eigenvalue weighted by Crippen LogP contribution is 2.24. The van der Waals surface area contributed by atoms with E-state index in [0.717, 1.165) is 38.9 Å². The second-order valence-corrected chi connectivity index (χ2v) is 8.48. The topological polar surface area (TPSA) is 41.6 Å². The minimum absolute atomic E-state index is 0.170. The maximum atomic E-state index is 12.2. The van der Waals surface area contributed by atoms with Crippen LogP contribution >= 0.6 is 27.3 Å². The van der Waals surface area contributed by atoms with Gasteiger partial charge in [-0.05, 0) is 74.0 Å². The van der Waals surface area contributed by atoms with Crippen molar-refractivity contribution in [1.82, 2.24) is 10.2 Å². The van der Waals surface area contributed by atoms with Gasteiger partial charge in [-0.1, -0.05) is 0 Å². The highest BCUT2D eigenvalue weighted by molar-refractivity contribution is 9.10. The zero-order chi connectivity index (χ0) is 16.2. The zero-order valence-electron chi connectivity index (χ0n) is 13.5. The normalized spacial score (nSPS) is 18.7. The van der Waals surface area contributed by atoms with Crippen LogP contribution in [-0.2, 0) is 11.3 Å². The molecule has 1 saturated heterocycles. The van der Waals surface area contributed by atoms with Gasteiger partial charge in [-0.15, -0.1) is 11.3 Å². The first-order chi connectivity index (χ1) is 10.4. The Labute approximate surface area is 145 Å². The van der Waals surface area contributed by atoms with Crippen LogP contribution in [0.5, 0.6) is 0 Å². The van der Waals surface area contributed by atoms with E-state index in [0.29, 0.717) is 6.04 Å². The van der Waals surface area contributed by atoms with Crippen LogP contribution in [0.3, 0.4) is 0 Å². The third-order valence-electron chi connectivity index (χ3n) is 3.64. The number of hydrogen-bond acceptors (Lipinski definition) is 4. The smallest absolute Gasteiger partial charge is 0.410 e. The molecule has 0 aliphatic carbocycles. The summed E-state index contributed by atoms with van der Waals surface area (Å²) in [5.41, 5.74) is -0.423. The van der Waals surface area contributed by atoms with E-state index in [4.69, 9.17) is 4.74 Å². The molecular formula is C16H25BrN2O2S. The van der Waals surface area contributed by atoms with Crippen molar-refractivity contribution in [3.05, 3.63) is 20.8 Å². The van der Waals surface area contributed by atoms with Gasteiger partial charge in [-0.3, -0.25) is 0 Å². The Morgan fingerprint density at radius 2 is 2.32 bits per heavy atom. The van der Waals surface area contributed by atoms with E-state index in [1.165, 1.54) is 9.35 Å². The number of likely N-dealkylation sites (tertiary alicyclic amines) is 1. The fourth-order valence-corrected chi connectivity index (χ4v) is 4.08. The van der Waals surface area contributed by atoms with Crippen molar-refractivity contribution < 1.29 is 9.53 Å². The van der Waals surface area contributed by atoms with E-state index in [1.54, 1.807) is 11.3 Å². The summed E-state index contributed by atoms with van der Waals surface area (Å²) < 4.78 is 6.66. The lowest BCUT2D eigenvalue weighted by Gasteiger charge is -2.28. The standard InChI is InChI=1S/C16H25BrN2O2S/c1-16(2,3)21-15(20)19-9-4-5-12(19)6-8-18-11-14-13(17)7-10-22-14/h7,10,12,18H,4-6,8-9,11H2,1-3H3. The maximum absolute atomic E-state index is 12.2. The Kier molecular flexibility index (Phi) is 6.29. The Bertz CT molecular complexity index is 499. The molecule has 0 bridgehead atoms. The average molecular weight is 389 g/mol. The van der Waals surface area contributed by atoms with Gasteiger partial charge in [0.2, 0.25) is 0 Å². The number of carbonyl (C=O) groups is 1. The summed E-state index contributed by atoms with van der Waals surface area (Å²) in [4.78, 5) is 15.4. The lowest BCUT2D eigenvalue weighted by Crippen LogP contribution is -2.40. The predicted molar refractivity (Wildman–Crippen MR) is 94.3 cm³/mol. The molecule has 124 valence electrons. The third kappa shape index (κ3) is 5.25. The van der Waals surface area contributed by atoms with Crippen LogP contribution in [0.15, 0.2) is 15.9 Å².